The molecular weight excluding hydrogens is 260 g/mol. The lowest BCUT2D eigenvalue weighted by Crippen LogP contribution is -2.33. The van der Waals surface area contributed by atoms with E-state index in [1.165, 1.54) is 0 Å². The molecule has 0 saturated heterocycles. The highest BCUT2D eigenvalue weighted by Gasteiger charge is 2.10. The maximum absolute atomic E-state index is 12.1. The molecule has 0 N–H and O–H groups in total. The number of ketones is 1. The van der Waals surface area contributed by atoms with Crippen molar-refractivity contribution in [1.82, 2.24) is 4.98 Å². The molecule has 0 aliphatic carbocycles. The van der Waals surface area contributed by atoms with Gasteiger partial charge in [-0.25, -0.2) is 0 Å². The van der Waals surface area contributed by atoms with Gasteiger partial charge in [-0.15, -0.1) is 0 Å². The molecule has 0 saturated carbocycles. The third kappa shape index (κ3) is 4.21. The minimum absolute atomic E-state index is 0.0373. The van der Waals surface area contributed by atoms with Crippen LogP contribution < -0.4 is 4.57 Å². The molecule has 0 amide bonds. The number of carbonyl (C=O) groups excluding carboxylic acids is 1. The SMILES string of the molecule is C=C(/C=C\CC)C(=O)c1cc[n+](Cc2ccccn2)cc1. The fraction of sp³-hybridized carbons (Fsp3) is 0.167. The van der Waals surface area contributed by atoms with Gasteiger partial charge < -0.3 is 0 Å². The van der Waals surface area contributed by atoms with Gasteiger partial charge >= 0.3 is 0 Å². The lowest BCUT2D eigenvalue weighted by atomic mass is 10.1. The van der Waals surface area contributed by atoms with Gasteiger partial charge in [-0.2, -0.15) is 4.57 Å². The van der Waals surface area contributed by atoms with Crippen LogP contribution in [0.5, 0.6) is 0 Å². The van der Waals surface area contributed by atoms with Crippen molar-refractivity contribution in [2.45, 2.75) is 19.9 Å². The Bertz CT molecular complexity index is 643. The van der Waals surface area contributed by atoms with E-state index in [9.17, 15) is 4.79 Å². The van der Waals surface area contributed by atoms with E-state index < -0.39 is 0 Å². The Hall–Kier alpha value is -2.55. The van der Waals surface area contributed by atoms with Crippen LogP contribution in [0, 0.1) is 0 Å². The third-order valence-electron chi connectivity index (χ3n) is 3.07. The molecule has 106 valence electrons. The van der Waals surface area contributed by atoms with Crippen LogP contribution in [0.4, 0.5) is 0 Å². The first-order valence-corrected chi connectivity index (χ1v) is 7.00. The summed E-state index contributed by atoms with van der Waals surface area (Å²) in [5, 5.41) is 0. The Morgan fingerprint density at radius 2 is 2.05 bits per heavy atom. The van der Waals surface area contributed by atoms with E-state index >= 15 is 0 Å². The van der Waals surface area contributed by atoms with Crippen LogP contribution in [0.3, 0.4) is 0 Å². The lowest BCUT2D eigenvalue weighted by molar-refractivity contribution is -0.688. The summed E-state index contributed by atoms with van der Waals surface area (Å²) in [7, 11) is 0. The molecule has 0 atom stereocenters. The van der Waals surface area contributed by atoms with Crippen molar-refractivity contribution in [1.29, 1.82) is 0 Å². The number of rotatable bonds is 6. The molecule has 2 heterocycles. The van der Waals surface area contributed by atoms with Gasteiger partial charge in [0.25, 0.3) is 0 Å². The van der Waals surface area contributed by atoms with Gasteiger partial charge in [-0.1, -0.05) is 31.7 Å². The zero-order valence-electron chi connectivity index (χ0n) is 12.2. The first kappa shape index (κ1) is 14.9. The normalized spacial score (nSPS) is 10.7. The van der Waals surface area contributed by atoms with Gasteiger partial charge in [0.15, 0.2) is 24.7 Å². The topological polar surface area (TPSA) is 33.8 Å². The average molecular weight is 279 g/mol. The van der Waals surface area contributed by atoms with Crippen molar-refractivity contribution in [3.05, 3.63) is 84.5 Å². The molecule has 0 aliphatic rings. The van der Waals surface area contributed by atoms with Crippen molar-refractivity contribution >= 4 is 5.78 Å². The standard InChI is InChI=1S/C18H19N2O/c1-3-4-7-15(2)18(21)16-9-12-20(13-10-16)14-17-8-5-6-11-19-17/h4-13H,2-3,14H2,1H3/q+1/b7-4-. The summed E-state index contributed by atoms with van der Waals surface area (Å²) >= 11 is 0. The van der Waals surface area contributed by atoms with Gasteiger partial charge in [0, 0.05) is 29.5 Å². The van der Waals surface area contributed by atoms with Crippen molar-refractivity contribution in [2.75, 3.05) is 0 Å². The molecule has 0 fully saturated rings. The van der Waals surface area contributed by atoms with E-state index in [2.05, 4.69) is 11.6 Å². The van der Waals surface area contributed by atoms with Crippen molar-refractivity contribution in [3.63, 3.8) is 0 Å². The largest absolute Gasteiger partial charge is 0.289 e. The predicted octanol–water partition coefficient (Wildman–Crippen LogP) is 3.12. The summed E-state index contributed by atoms with van der Waals surface area (Å²) in [6.07, 6.45) is 10.2. The predicted molar refractivity (Wildman–Crippen MR) is 82.9 cm³/mol. The fourth-order valence-corrected chi connectivity index (χ4v) is 1.91. The molecule has 0 spiro atoms. The molecule has 0 bridgehead atoms. The first-order valence-electron chi connectivity index (χ1n) is 7.00. The van der Waals surface area contributed by atoms with Crippen LogP contribution in [-0.2, 0) is 6.54 Å². The van der Waals surface area contributed by atoms with E-state index in [0.29, 0.717) is 17.7 Å². The quantitative estimate of drug-likeness (QED) is 0.352. The molecule has 3 nitrogen and oxygen atoms in total. The number of hydrogen-bond donors (Lipinski definition) is 0. The number of Topliss-reactive ketones (excluding diaryl/α,β-unsaturated/α-hetero) is 1. The Balaban J connectivity index is 2.07. The number of pyridine rings is 2. The molecule has 2 rings (SSSR count). The van der Waals surface area contributed by atoms with Crippen molar-refractivity contribution < 1.29 is 9.36 Å². The summed E-state index contributed by atoms with van der Waals surface area (Å²) in [4.78, 5) is 16.4. The van der Waals surface area contributed by atoms with E-state index in [0.717, 1.165) is 12.1 Å². The molecule has 0 unspecified atom stereocenters. The highest BCUT2D eigenvalue weighted by atomic mass is 16.1. The first-order chi connectivity index (χ1) is 10.2. The molecule has 0 radical (unpaired) electrons. The molecule has 3 heteroatoms. The Morgan fingerprint density at radius 1 is 1.29 bits per heavy atom. The Labute approximate surface area is 125 Å². The second kappa shape index (κ2) is 7.29. The number of aromatic nitrogens is 2. The smallest absolute Gasteiger partial charge is 0.192 e. The van der Waals surface area contributed by atoms with E-state index in [4.69, 9.17) is 0 Å². The Morgan fingerprint density at radius 3 is 2.67 bits per heavy atom. The van der Waals surface area contributed by atoms with Crippen LogP contribution in [0.1, 0.15) is 29.4 Å². The second-order valence-electron chi connectivity index (χ2n) is 4.75. The molecule has 0 aliphatic heterocycles. The van der Waals surface area contributed by atoms with Gasteiger partial charge in [0.1, 0.15) is 5.69 Å². The minimum atomic E-state index is -0.0373. The summed E-state index contributed by atoms with van der Waals surface area (Å²) in [5.41, 5.74) is 2.15. The Kier molecular flexibility index (Phi) is 5.16. The molecule has 2 aromatic heterocycles. The van der Waals surface area contributed by atoms with Crippen LogP contribution in [-0.4, -0.2) is 10.8 Å². The molecule has 21 heavy (non-hydrogen) atoms. The van der Waals surface area contributed by atoms with E-state index in [1.807, 2.05) is 60.3 Å². The zero-order chi connectivity index (χ0) is 15.1. The molecular formula is C18H19N2O+. The zero-order valence-corrected chi connectivity index (χ0v) is 12.2. The van der Waals surface area contributed by atoms with Crippen molar-refractivity contribution in [2.24, 2.45) is 0 Å². The van der Waals surface area contributed by atoms with Gasteiger partial charge in [0.2, 0.25) is 0 Å². The van der Waals surface area contributed by atoms with Crippen molar-refractivity contribution in [3.8, 4) is 0 Å². The van der Waals surface area contributed by atoms with Gasteiger partial charge in [-0.3, -0.25) is 9.78 Å². The van der Waals surface area contributed by atoms with E-state index in [1.54, 1.807) is 12.3 Å². The number of carbonyl (C=O) groups is 1. The van der Waals surface area contributed by atoms with Crippen LogP contribution in [0.2, 0.25) is 0 Å². The lowest BCUT2D eigenvalue weighted by Gasteiger charge is -2.00. The van der Waals surface area contributed by atoms with Crippen LogP contribution in [0.15, 0.2) is 73.2 Å². The highest BCUT2D eigenvalue weighted by Crippen LogP contribution is 2.07. The van der Waals surface area contributed by atoms with E-state index in [-0.39, 0.29) is 5.78 Å². The summed E-state index contributed by atoms with van der Waals surface area (Å²) in [5.74, 6) is -0.0373. The summed E-state index contributed by atoms with van der Waals surface area (Å²) in [6, 6.07) is 9.46. The maximum Gasteiger partial charge on any atom is 0.192 e. The van der Waals surface area contributed by atoms with Crippen LogP contribution >= 0.6 is 0 Å². The second-order valence-corrected chi connectivity index (χ2v) is 4.75. The summed E-state index contributed by atoms with van der Waals surface area (Å²) in [6.45, 7) is 6.52. The number of allylic oxidation sites excluding steroid dienone is 3. The number of hydrogen-bond acceptors (Lipinski definition) is 2. The summed E-state index contributed by atoms with van der Waals surface area (Å²) < 4.78 is 1.99. The van der Waals surface area contributed by atoms with Gasteiger partial charge in [-0.05, 0) is 18.6 Å². The molecule has 2 aromatic rings. The molecule has 0 aromatic carbocycles. The third-order valence-corrected chi connectivity index (χ3v) is 3.07. The average Bonchev–Trinajstić information content (AvgIpc) is 2.53. The highest BCUT2D eigenvalue weighted by molar-refractivity contribution is 6.09. The number of nitrogens with zero attached hydrogens (tertiary/aromatic N) is 2. The monoisotopic (exact) mass is 279 g/mol. The minimum Gasteiger partial charge on any atom is -0.289 e. The van der Waals surface area contributed by atoms with Gasteiger partial charge in [0.05, 0.1) is 0 Å². The van der Waals surface area contributed by atoms with Crippen LogP contribution in [0.25, 0.3) is 0 Å². The maximum atomic E-state index is 12.1. The fourth-order valence-electron chi connectivity index (χ4n) is 1.91.